The maximum Gasteiger partial charge on any atom is 0.0506 e. The molecule has 0 aromatic heterocycles. The Hall–Kier alpha value is -0.380. The number of hydrogen-bond acceptors (Lipinski definition) is 3. The molecule has 3 heteroatoms. The Balaban J connectivity index is 1.72. The third-order valence-electron chi connectivity index (χ3n) is 3.61. The molecular formula is C13H24N2O. The molecular weight excluding hydrogens is 200 g/mol. The van der Waals surface area contributed by atoms with E-state index in [1.807, 2.05) is 0 Å². The van der Waals surface area contributed by atoms with Crippen molar-refractivity contribution in [3.8, 4) is 0 Å². The van der Waals surface area contributed by atoms with Crippen LogP contribution in [0.1, 0.15) is 19.8 Å². The summed E-state index contributed by atoms with van der Waals surface area (Å²) in [6.07, 6.45) is 2.57. The third-order valence-corrected chi connectivity index (χ3v) is 3.61. The lowest BCUT2D eigenvalue weighted by molar-refractivity contribution is 0.0431. The van der Waals surface area contributed by atoms with E-state index in [4.69, 9.17) is 4.74 Å². The van der Waals surface area contributed by atoms with E-state index in [2.05, 4.69) is 24.2 Å². The Morgan fingerprint density at radius 3 is 2.88 bits per heavy atom. The molecule has 92 valence electrons. The second-order valence-corrected chi connectivity index (χ2v) is 5.27. The van der Waals surface area contributed by atoms with Crippen molar-refractivity contribution in [3.05, 3.63) is 11.1 Å². The monoisotopic (exact) mass is 224 g/mol. The zero-order valence-electron chi connectivity index (χ0n) is 10.6. The highest BCUT2D eigenvalue weighted by Crippen LogP contribution is 2.16. The minimum atomic E-state index is 0.746. The van der Waals surface area contributed by atoms with Gasteiger partial charge in [0.25, 0.3) is 0 Å². The molecule has 2 rings (SSSR count). The van der Waals surface area contributed by atoms with Gasteiger partial charge in [0.1, 0.15) is 0 Å². The van der Waals surface area contributed by atoms with E-state index < -0.39 is 0 Å². The lowest BCUT2D eigenvalue weighted by Gasteiger charge is -2.29. The van der Waals surface area contributed by atoms with Gasteiger partial charge in [0.05, 0.1) is 6.61 Å². The third kappa shape index (κ3) is 3.30. The number of hydrogen-bond donors (Lipinski definition) is 1. The molecule has 0 aromatic carbocycles. The summed E-state index contributed by atoms with van der Waals surface area (Å²) in [5.74, 6) is 0.746. The van der Waals surface area contributed by atoms with Gasteiger partial charge in [-0.3, -0.25) is 0 Å². The van der Waals surface area contributed by atoms with Gasteiger partial charge in [0, 0.05) is 32.8 Å². The van der Waals surface area contributed by atoms with Crippen LogP contribution in [0.2, 0.25) is 0 Å². The zero-order valence-corrected chi connectivity index (χ0v) is 10.6. The highest BCUT2D eigenvalue weighted by Gasteiger charge is 2.17. The van der Waals surface area contributed by atoms with Crippen LogP contribution in [-0.4, -0.2) is 51.3 Å². The van der Waals surface area contributed by atoms with Crippen LogP contribution < -0.4 is 5.32 Å². The Morgan fingerprint density at radius 2 is 2.31 bits per heavy atom. The van der Waals surface area contributed by atoms with E-state index in [0.717, 1.165) is 38.8 Å². The van der Waals surface area contributed by atoms with E-state index in [0.29, 0.717) is 0 Å². The van der Waals surface area contributed by atoms with E-state index in [-0.39, 0.29) is 0 Å². The van der Waals surface area contributed by atoms with Gasteiger partial charge >= 0.3 is 0 Å². The predicted octanol–water partition coefficient (Wildman–Crippen LogP) is 1.26. The molecule has 0 radical (unpaired) electrons. The largest absolute Gasteiger partial charge is 0.381 e. The minimum absolute atomic E-state index is 0.746. The number of rotatable bonds is 4. The summed E-state index contributed by atoms with van der Waals surface area (Å²) in [4.78, 5) is 2.44. The summed E-state index contributed by atoms with van der Waals surface area (Å²) in [6.45, 7) is 8.70. The van der Waals surface area contributed by atoms with Gasteiger partial charge < -0.3 is 15.0 Å². The first-order chi connectivity index (χ1) is 7.75. The Labute approximate surface area is 98.8 Å². The Bertz CT molecular complexity index is 251. The molecule has 2 heterocycles. The molecule has 0 spiro atoms. The standard InChI is InChI=1S/C13H24N2O/c1-11(13-6-14-7-13)8-15(2)9-12-4-3-5-16-10-12/h12,14H,3-10H2,1-2H3. The van der Waals surface area contributed by atoms with Gasteiger partial charge in [-0.25, -0.2) is 0 Å². The van der Waals surface area contributed by atoms with Crippen LogP contribution in [0.3, 0.4) is 0 Å². The van der Waals surface area contributed by atoms with Crippen LogP contribution in [0.25, 0.3) is 0 Å². The molecule has 2 aliphatic rings. The van der Waals surface area contributed by atoms with Gasteiger partial charge in [-0.1, -0.05) is 5.57 Å². The van der Waals surface area contributed by atoms with Crippen LogP contribution >= 0.6 is 0 Å². The molecule has 0 aliphatic carbocycles. The van der Waals surface area contributed by atoms with Gasteiger partial charge in [0.15, 0.2) is 0 Å². The molecule has 2 saturated heterocycles. The van der Waals surface area contributed by atoms with E-state index in [1.165, 1.54) is 19.4 Å². The lowest BCUT2D eigenvalue weighted by atomic mass is 10.0. The van der Waals surface area contributed by atoms with Crippen molar-refractivity contribution in [2.24, 2.45) is 5.92 Å². The molecule has 0 bridgehead atoms. The molecule has 0 saturated carbocycles. The van der Waals surface area contributed by atoms with Gasteiger partial charge in [-0.15, -0.1) is 0 Å². The predicted molar refractivity (Wildman–Crippen MR) is 66.6 cm³/mol. The Kier molecular flexibility index (Phi) is 4.38. The second-order valence-electron chi connectivity index (χ2n) is 5.27. The van der Waals surface area contributed by atoms with Crippen molar-refractivity contribution < 1.29 is 4.74 Å². The zero-order chi connectivity index (χ0) is 11.4. The average molecular weight is 224 g/mol. The Morgan fingerprint density at radius 1 is 1.50 bits per heavy atom. The van der Waals surface area contributed by atoms with Crippen LogP contribution in [0.4, 0.5) is 0 Å². The molecule has 2 fully saturated rings. The summed E-state index contributed by atoms with van der Waals surface area (Å²) >= 11 is 0. The fraction of sp³-hybridized carbons (Fsp3) is 0.846. The van der Waals surface area contributed by atoms with Crippen molar-refractivity contribution in [2.45, 2.75) is 19.8 Å². The van der Waals surface area contributed by atoms with Crippen molar-refractivity contribution in [3.63, 3.8) is 0 Å². The summed E-state index contributed by atoms with van der Waals surface area (Å²) in [7, 11) is 2.23. The first-order valence-corrected chi connectivity index (χ1v) is 6.40. The number of nitrogens with one attached hydrogen (secondary N) is 1. The van der Waals surface area contributed by atoms with Crippen molar-refractivity contribution >= 4 is 0 Å². The summed E-state index contributed by atoms with van der Waals surface area (Å²) in [6, 6.07) is 0. The lowest BCUT2D eigenvalue weighted by Crippen LogP contribution is -2.37. The van der Waals surface area contributed by atoms with Crippen molar-refractivity contribution in [1.82, 2.24) is 10.2 Å². The first kappa shape index (κ1) is 12.1. The molecule has 1 unspecified atom stereocenters. The minimum Gasteiger partial charge on any atom is -0.381 e. The number of ether oxygens (including phenoxy) is 1. The fourth-order valence-corrected chi connectivity index (χ4v) is 2.53. The summed E-state index contributed by atoms with van der Waals surface area (Å²) in [5, 5.41) is 3.30. The maximum atomic E-state index is 5.52. The van der Waals surface area contributed by atoms with Crippen LogP contribution in [0.15, 0.2) is 11.1 Å². The smallest absolute Gasteiger partial charge is 0.0506 e. The van der Waals surface area contributed by atoms with Crippen LogP contribution in [0.5, 0.6) is 0 Å². The van der Waals surface area contributed by atoms with E-state index >= 15 is 0 Å². The fourth-order valence-electron chi connectivity index (χ4n) is 2.53. The van der Waals surface area contributed by atoms with Crippen LogP contribution in [-0.2, 0) is 4.74 Å². The quantitative estimate of drug-likeness (QED) is 0.728. The van der Waals surface area contributed by atoms with Gasteiger partial charge in [0.2, 0.25) is 0 Å². The molecule has 1 N–H and O–H groups in total. The highest BCUT2D eigenvalue weighted by atomic mass is 16.5. The van der Waals surface area contributed by atoms with Gasteiger partial charge in [-0.05, 0) is 38.3 Å². The average Bonchev–Trinajstić information content (AvgIpc) is 2.15. The summed E-state index contributed by atoms with van der Waals surface area (Å²) in [5.41, 5.74) is 3.16. The van der Waals surface area contributed by atoms with Gasteiger partial charge in [-0.2, -0.15) is 0 Å². The first-order valence-electron chi connectivity index (χ1n) is 6.40. The van der Waals surface area contributed by atoms with E-state index in [1.54, 1.807) is 11.1 Å². The number of nitrogens with zero attached hydrogens (tertiary/aromatic N) is 1. The normalized spacial score (nSPS) is 25.7. The molecule has 3 nitrogen and oxygen atoms in total. The topological polar surface area (TPSA) is 24.5 Å². The van der Waals surface area contributed by atoms with E-state index in [9.17, 15) is 0 Å². The molecule has 0 aromatic rings. The second kappa shape index (κ2) is 5.80. The molecule has 0 amide bonds. The maximum absolute atomic E-state index is 5.52. The molecule has 16 heavy (non-hydrogen) atoms. The SMILES string of the molecule is CC(CN(C)CC1CCCOC1)=C1CNC1. The van der Waals surface area contributed by atoms with Crippen molar-refractivity contribution in [2.75, 3.05) is 46.4 Å². The highest BCUT2D eigenvalue weighted by molar-refractivity contribution is 5.22. The molecule has 2 aliphatic heterocycles. The van der Waals surface area contributed by atoms with Crippen molar-refractivity contribution in [1.29, 1.82) is 0 Å². The summed E-state index contributed by atoms with van der Waals surface area (Å²) < 4.78 is 5.52. The molecule has 1 atom stereocenters. The number of likely N-dealkylation sites (N-methyl/N-ethyl adjacent to an activating group) is 1. The van der Waals surface area contributed by atoms with Crippen LogP contribution in [0, 0.1) is 5.92 Å².